The molecule has 1 fully saturated rings. The summed E-state index contributed by atoms with van der Waals surface area (Å²) in [5.74, 6) is 3.34. The van der Waals surface area contributed by atoms with Gasteiger partial charge in [-0.2, -0.15) is 11.8 Å². The second-order valence-corrected chi connectivity index (χ2v) is 6.64. The van der Waals surface area contributed by atoms with Gasteiger partial charge in [-0.05, 0) is 25.5 Å². The predicted octanol–water partition coefficient (Wildman–Crippen LogP) is 2.53. The highest BCUT2D eigenvalue weighted by atomic mass is 32.2. The minimum absolute atomic E-state index is 0.412. The summed E-state index contributed by atoms with van der Waals surface area (Å²) in [7, 11) is 0. The standard InChI is InChI=1S/C15H22N2OS2/c1-12-11-20-9-7-17(12)6-3-8-18-14-5-2-4-13(10-14)15(16)19/h2,4-5,10,12H,3,6-9,11H2,1H3,(H2,16,19). The van der Waals surface area contributed by atoms with Crippen molar-refractivity contribution in [3.63, 3.8) is 0 Å². The van der Waals surface area contributed by atoms with Crippen LogP contribution in [0.1, 0.15) is 18.9 Å². The van der Waals surface area contributed by atoms with Crippen molar-refractivity contribution in [2.45, 2.75) is 19.4 Å². The van der Waals surface area contributed by atoms with Gasteiger partial charge in [-0.1, -0.05) is 24.4 Å². The Morgan fingerprint density at radius 1 is 1.55 bits per heavy atom. The Morgan fingerprint density at radius 3 is 3.15 bits per heavy atom. The molecule has 3 nitrogen and oxygen atoms in total. The second kappa shape index (κ2) is 7.86. The highest BCUT2D eigenvalue weighted by Crippen LogP contribution is 2.17. The lowest BCUT2D eigenvalue weighted by Crippen LogP contribution is -2.41. The molecule has 1 aromatic carbocycles. The Bertz CT molecular complexity index is 453. The van der Waals surface area contributed by atoms with Crippen molar-refractivity contribution < 1.29 is 4.74 Å². The summed E-state index contributed by atoms with van der Waals surface area (Å²) in [5, 5.41) is 0. The third-order valence-electron chi connectivity index (χ3n) is 3.48. The van der Waals surface area contributed by atoms with Gasteiger partial charge >= 0.3 is 0 Å². The molecule has 2 N–H and O–H groups in total. The molecule has 0 spiro atoms. The molecule has 1 atom stereocenters. The van der Waals surface area contributed by atoms with Crippen LogP contribution in [0.15, 0.2) is 24.3 Å². The average molecular weight is 310 g/mol. The van der Waals surface area contributed by atoms with Gasteiger partial charge in [0.25, 0.3) is 0 Å². The molecule has 0 aliphatic carbocycles. The van der Waals surface area contributed by atoms with Crippen molar-refractivity contribution in [1.82, 2.24) is 4.90 Å². The molecule has 2 rings (SSSR count). The Labute approximate surface area is 130 Å². The van der Waals surface area contributed by atoms with Crippen molar-refractivity contribution in [3.05, 3.63) is 29.8 Å². The van der Waals surface area contributed by atoms with E-state index in [0.717, 1.165) is 30.9 Å². The molecule has 20 heavy (non-hydrogen) atoms. The summed E-state index contributed by atoms with van der Waals surface area (Å²) in [6.45, 7) is 5.34. The fourth-order valence-electron chi connectivity index (χ4n) is 2.29. The molecule has 0 aromatic heterocycles. The van der Waals surface area contributed by atoms with E-state index in [2.05, 4.69) is 23.6 Å². The lowest BCUT2D eigenvalue weighted by molar-refractivity contribution is 0.206. The summed E-state index contributed by atoms with van der Waals surface area (Å²) in [6.07, 6.45) is 1.05. The first kappa shape index (κ1) is 15.6. The molecule has 110 valence electrons. The number of thiocarbonyl (C=S) groups is 1. The van der Waals surface area contributed by atoms with Crippen LogP contribution in [0.4, 0.5) is 0 Å². The molecule has 0 radical (unpaired) electrons. The first-order valence-corrected chi connectivity index (χ1v) is 8.57. The average Bonchev–Trinajstić information content (AvgIpc) is 2.45. The molecule has 1 saturated heterocycles. The fraction of sp³-hybridized carbons (Fsp3) is 0.533. The number of nitrogens with zero attached hydrogens (tertiary/aromatic N) is 1. The third-order valence-corrected chi connectivity index (χ3v) is 4.91. The lowest BCUT2D eigenvalue weighted by Gasteiger charge is -2.32. The van der Waals surface area contributed by atoms with Crippen molar-refractivity contribution in [2.75, 3.05) is 31.2 Å². The lowest BCUT2D eigenvalue weighted by atomic mass is 10.2. The SMILES string of the molecule is CC1CSCCN1CCCOc1cccc(C(N)=S)c1. The number of ether oxygens (including phenoxy) is 1. The molecular formula is C15H22N2OS2. The van der Waals surface area contributed by atoms with Crippen LogP contribution in [-0.4, -0.2) is 47.1 Å². The van der Waals surface area contributed by atoms with E-state index < -0.39 is 0 Å². The molecule has 1 unspecified atom stereocenters. The van der Waals surface area contributed by atoms with Crippen LogP contribution in [0.2, 0.25) is 0 Å². The van der Waals surface area contributed by atoms with Gasteiger partial charge < -0.3 is 10.5 Å². The van der Waals surface area contributed by atoms with Crippen molar-refractivity contribution in [1.29, 1.82) is 0 Å². The van der Waals surface area contributed by atoms with Gasteiger partial charge in [0.1, 0.15) is 10.7 Å². The van der Waals surface area contributed by atoms with Gasteiger partial charge in [0.15, 0.2) is 0 Å². The van der Waals surface area contributed by atoms with E-state index >= 15 is 0 Å². The summed E-state index contributed by atoms with van der Waals surface area (Å²) >= 11 is 7.02. The quantitative estimate of drug-likeness (QED) is 0.646. The molecule has 0 saturated carbocycles. The Hall–Kier alpha value is -0.780. The maximum atomic E-state index is 5.78. The van der Waals surface area contributed by atoms with E-state index in [1.165, 1.54) is 18.1 Å². The van der Waals surface area contributed by atoms with E-state index in [4.69, 9.17) is 22.7 Å². The molecule has 1 aliphatic heterocycles. The van der Waals surface area contributed by atoms with Gasteiger partial charge in [0, 0.05) is 36.2 Å². The van der Waals surface area contributed by atoms with Crippen LogP contribution >= 0.6 is 24.0 Å². The summed E-state index contributed by atoms with van der Waals surface area (Å²) in [4.78, 5) is 2.96. The summed E-state index contributed by atoms with van der Waals surface area (Å²) in [5.41, 5.74) is 6.48. The van der Waals surface area contributed by atoms with Crippen molar-refractivity contribution >= 4 is 29.0 Å². The monoisotopic (exact) mass is 310 g/mol. The molecule has 0 bridgehead atoms. The van der Waals surface area contributed by atoms with Crippen LogP contribution in [0.25, 0.3) is 0 Å². The molecule has 0 amide bonds. The zero-order chi connectivity index (χ0) is 14.4. The summed E-state index contributed by atoms with van der Waals surface area (Å²) in [6, 6.07) is 8.37. The van der Waals surface area contributed by atoms with Crippen LogP contribution in [0.5, 0.6) is 5.75 Å². The Morgan fingerprint density at radius 2 is 2.40 bits per heavy atom. The maximum absolute atomic E-state index is 5.78. The van der Waals surface area contributed by atoms with Gasteiger partial charge in [-0.15, -0.1) is 0 Å². The predicted molar refractivity (Wildman–Crippen MR) is 90.8 cm³/mol. The number of thioether (sulfide) groups is 1. The zero-order valence-electron chi connectivity index (χ0n) is 11.9. The van der Waals surface area contributed by atoms with Crippen LogP contribution in [0, 0.1) is 0 Å². The van der Waals surface area contributed by atoms with E-state index in [9.17, 15) is 0 Å². The minimum Gasteiger partial charge on any atom is -0.494 e. The smallest absolute Gasteiger partial charge is 0.119 e. The normalized spacial score (nSPS) is 19.8. The Balaban J connectivity index is 1.73. The molecule has 1 aromatic rings. The van der Waals surface area contributed by atoms with Gasteiger partial charge in [0.05, 0.1) is 6.61 Å². The van der Waals surface area contributed by atoms with Gasteiger partial charge in [-0.25, -0.2) is 0 Å². The minimum atomic E-state index is 0.412. The largest absolute Gasteiger partial charge is 0.494 e. The number of hydrogen-bond acceptors (Lipinski definition) is 4. The van der Waals surface area contributed by atoms with E-state index in [-0.39, 0.29) is 0 Å². The van der Waals surface area contributed by atoms with E-state index in [1.54, 1.807) is 0 Å². The van der Waals surface area contributed by atoms with Crippen LogP contribution in [0.3, 0.4) is 0 Å². The van der Waals surface area contributed by atoms with Crippen LogP contribution < -0.4 is 10.5 Å². The maximum Gasteiger partial charge on any atom is 0.119 e. The van der Waals surface area contributed by atoms with Crippen molar-refractivity contribution in [2.24, 2.45) is 5.73 Å². The van der Waals surface area contributed by atoms with E-state index in [0.29, 0.717) is 11.0 Å². The highest BCUT2D eigenvalue weighted by molar-refractivity contribution is 7.99. The van der Waals surface area contributed by atoms with Gasteiger partial charge in [0.2, 0.25) is 0 Å². The molecule has 1 aliphatic rings. The van der Waals surface area contributed by atoms with Crippen LogP contribution in [-0.2, 0) is 0 Å². The number of hydrogen-bond donors (Lipinski definition) is 1. The highest BCUT2D eigenvalue weighted by Gasteiger charge is 2.17. The molecular weight excluding hydrogens is 288 g/mol. The first-order chi connectivity index (χ1) is 9.66. The van der Waals surface area contributed by atoms with Gasteiger partial charge in [-0.3, -0.25) is 4.90 Å². The zero-order valence-corrected chi connectivity index (χ0v) is 13.5. The fourth-order valence-corrected chi connectivity index (χ4v) is 3.50. The topological polar surface area (TPSA) is 38.5 Å². The van der Waals surface area contributed by atoms with Crippen molar-refractivity contribution in [3.8, 4) is 5.75 Å². The number of benzene rings is 1. The second-order valence-electron chi connectivity index (χ2n) is 5.05. The Kier molecular flexibility index (Phi) is 6.13. The number of rotatable bonds is 6. The summed E-state index contributed by atoms with van der Waals surface area (Å²) < 4.78 is 5.78. The molecule has 5 heteroatoms. The number of nitrogens with two attached hydrogens (primary N) is 1. The van der Waals surface area contributed by atoms with E-state index in [1.807, 2.05) is 24.3 Å². The molecule has 1 heterocycles. The first-order valence-electron chi connectivity index (χ1n) is 7.01. The third kappa shape index (κ3) is 4.65.